The van der Waals surface area contributed by atoms with E-state index >= 15 is 0 Å². The zero-order valence-electron chi connectivity index (χ0n) is 15.7. The second-order valence-corrected chi connectivity index (χ2v) is 8.35. The van der Waals surface area contributed by atoms with Crippen LogP contribution in [0.2, 0.25) is 0 Å². The van der Waals surface area contributed by atoms with E-state index in [2.05, 4.69) is 5.32 Å². The number of rotatable bonds is 6. The second kappa shape index (κ2) is 6.91. The number of Topliss-reactive ketones (excluding diaryl/α,β-unsaturated/α-hetero) is 1. The van der Waals surface area contributed by atoms with Crippen molar-refractivity contribution in [3.63, 3.8) is 0 Å². The van der Waals surface area contributed by atoms with E-state index in [1.165, 1.54) is 0 Å². The van der Waals surface area contributed by atoms with Gasteiger partial charge in [0.25, 0.3) is 0 Å². The summed E-state index contributed by atoms with van der Waals surface area (Å²) in [6.07, 6.45) is 3.99. The van der Waals surface area contributed by atoms with Gasteiger partial charge in [0.1, 0.15) is 11.8 Å². The van der Waals surface area contributed by atoms with Gasteiger partial charge in [0.15, 0.2) is 5.78 Å². The summed E-state index contributed by atoms with van der Waals surface area (Å²) >= 11 is 0. The predicted octanol–water partition coefficient (Wildman–Crippen LogP) is 1.54. The molecule has 2 bridgehead atoms. The summed E-state index contributed by atoms with van der Waals surface area (Å²) < 4.78 is 5.18. The summed E-state index contributed by atoms with van der Waals surface area (Å²) in [7, 11) is 0. The fourth-order valence-electron chi connectivity index (χ4n) is 5.75. The van der Waals surface area contributed by atoms with Gasteiger partial charge in [-0.1, -0.05) is 12.1 Å². The first kappa shape index (κ1) is 18.4. The number of phenols is 1. The summed E-state index contributed by atoms with van der Waals surface area (Å²) in [5.41, 5.74) is 6.83. The molecular weight excluding hydrogens is 344 g/mol. The summed E-state index contributed by atoms with van der Waals surface area (Å²) in [6.45, 7) is 2.18. The predicted molar refractivity (Wildman–Crippen MR) is 100 cm³/mol. The minimum Gasteiger partial charge on any atom is -0.508 e. The molecule has 1 aromatic rings. The van der Waals surface area contributed by atoms with Crippen LogP contribution in [0.4, 0.5) is 0 Å². The molecule has 3 fully saturated rings. The van der Waals surface area contributed by atoms with E-state index in [4.69, 9.17) is 10.5 Å². The van der Waals surface area contributed by atoms with E-state index in [-0.39, 0.29) is 29.6 Å². The molecule has 1 aromatic carbocycles. The highest BCUT2D eigenvalue weighted by atomic mass is 16.5. The third-order valence-electron chi connectivity index (χ3n) is 6.90. The highest BCUT2D eigenvalue weighted by Gasteiger charge is 2.65. The Labute approximate surface area is 159 Å². The molecule has 1 heterocycles. The Bertz CT molecular complexity index is 734. The molecule has 1 saturated heterocycles. The first-order valence-electron chi connectivity index (χ1n) is 9.95. The van der Waals surface area contributed by atoms with Gasteiger partial charge in [0.2, 0.25) is 0 Å². The lowest BCUT2D eigenvalue weighted by Gasteiger charge is -2.36. The van der Waals surface area contributed by atoms with Crippen molar-refractivity contribution in [2.24, 2.45) is 23.0 Å². The fourth-order valence-corrected chi connectivity index (χ4v) is 5.75. The average molecular weight is 372 g/mol. The molecule has 6 atom stereocenters. The van der Waals surface area contributed by atoms with Crippen LogP contribution < -0.4 is 11.1 Å². The third-order valence-corrected chi connectivity index (χ3v) is 6.90. The summed E-state index contributed by atoms with van der Waals surface area (Å²) in [5, 5.41) is 12.9. The summed E-state index contributed by atoms with van der Waals surface area (Å²) in [6, 6.07) is 6.00. The highest BCUT2D eigenvalue weighted by Crippen LogP contribution is 2.61. The first-order chi connectivity index (χ1) is 12.9. The number of hydrogen-bond acceptors (Lipinski definition) is 6. The van der Waals surface area contributed by atoms with Crippen LogP contribution in [0.1, 0.15) is 38.2 Å². The Morgan fingerprint density at radius 1 is 1.37 bits per heavy atom. The number of carbonyl (C=O) groups excluding carboxylic acids is 2. The molecule has 1 aliphatic heterocycles. The number of carbonyl (C=O) groups is 2. The van der Waals surface area contributed by atoms with Gasteiger partial charge in [-0.25, -0.2) is 0 Å². The van der Waals surface area contributed by atoms with Gasteiger partial charge in [-0.05, 0) is 68.6 Å². The van der Waals surface area contributed by atoms with E-state index in [9.17, 15) is 14.7 Å². The van der Waals surface area contributed by atoms with Gasteiger partial charge >= 0.3 is 5.97 Å². The van der Waals surface area contributed by atoms with Crippen molar-refractivity contribution < 1.29 is 19.4 Å². The third kappa shape index (κ3) is 3.05. The molecule has 0 spiro atoms. The fraction of sp³-hybridized carbons (Fsp3) is 0.619. The van der Waals surface area contributed by atoms with Crippen LogP contribution in [0, 0.1) is 17.3 Å². The van der Waals surface area contributed by atoms with Crippen LogP contribution in [0.25, 0.3) is 0 Å². The SMILES string of the molecule is CCOC(=O)[C@@H]1C[C@@H]2[C@H]3CC[C@@](C(=O)C(N)Cc4ccc(O)cc4)(C3)[C@H]2N1. The summed E-state index contributed by atoms with van der Waals surface area (Å²) in [4.78, 5) is 25.6. The number of ketones is 1. The van der Waals surface area contributed by atoms with Crippen molar-refractivity contribution in [1.29, 1.82) is 0 Å². The maximum atomic E-state index is 13.4. The van der Waals surface area contributed by atoms with E-state index in [0.29, 0.717) is 24.9 Å². The largest absolute Gasteiger partial charge is 0.508 e. The van der Waals surface area contributed by atoms with E-state index in [1.807, 2.05) is 6.92 Å². The Kier molecular flexibility index (Phi) is 4.72. The Balaban J connectivity index is 1.49. The van der Waals surface area contributed by atoms with Crippen LogP contribution in [0.3, 0.4) is 0 Å². The van der Waals surface area contributed by atoms with Crippen molar-refractivity contribution in [1.82, 2.24) is 5.32 Å². The molecular formula is C21H28N2O4. The number of nitrogens with one attached hydrogen (secondary N) is 1. The van der Waals surface area contributed by atoms with Gasteiger partial charge in [-0.2, -0.15) is 0 Å². The van der Waals surface area contributed by atoms with Crippen LogP contribution in [-0.4, -0.2) is 41.6 Å². The van der Waals surface area contributed by atoms with Crippen molar-refractivity contribution >= 4 is 11.8 Å². The molecule has 1 unspecified atom stereocenters. The van der Waals surface area contributed by atoms with Crippen molar-refractivity contribution in [3.8, 4) is 5.75 Å². The lowest BCUT2D eigenvalue weighted by molar-refractivity contribution is -0.145. The highest BCUT2D eigenvalue weighted by molar-refractivity contribution is 5.92. The molecule has 146 valence electrons. The summed E-state index contributed by atoms with van der Waals surface area (Å²) in [5.74, 6) is 0.962. The normalized spacial score (nSPS) is 35.0. The quantitative estimate of drug-likeness (QED) is 0.655. The maximum absolute atomic E-state index is 13.4. The number of fused-ring (bicyclic) bond motifs is 5. The molecule has 6 nitrogen and oxygen atoms in total. The number of esters is 1. The zero-order valence-corrected chi connectivity index (χ0v) is 15.7. The smallest absolute Gasteiger partial charge is 0.323 e. The molecule has 27 heavy (non-hydrogen) atoms. The van der Waals surface area contributed by atoms with Gasteiger partial charge in [-0.15, -0.1) is 0 Å². The van der Waals surface area contributed by atoms with Crippen LogP contribution in [0.15, 0.2) is 24.3 Å². The van der Waals surface area contributed by atoms with E-state index in [1.54, 1.807) is 24.3 Å². The average Bonchev–Trinajstić information content (AvgIpc) is 3.34. The lowest BCUT2D eigenvalue weighted by atomic mass is 9.71. The minimum absolute atomic E-state index is 0.0315. The number of benzene rings is 1. The van der Waals surface area contributed by atoms with Gasteiger partial charge in [-0.3, -0.25) is 9.59 Å². The monoisotopic (exact) mass is 372 g/mol. The molecule has 0 aromatic heterocycles. The maximum Gasteiger partial charge on any atom is 0.323 e. The molecule has 3 aliphatic rings. The number of hydrogen-bond donors (Lipinski definition) is 3. The Hall–Kier alpha value is -1.92. The molecule has 4 N–H and O–H groups in total. The second-order valence-electron chi connectivity index (χ2n) is 8.35. The Morgan fingerprint density at radius 3 is 2.81 bits per heavy atom. The minimum atomic E-state index is -0.574. The standard InChI is InChI=1S/C21H28N2O4/c1-2-27-20(26)17-10-15-13-7-8-21(11-13,18(15)23-17)19(25)16(22)9-12-3-5-14(24)6-4-12/h3-6,13,15-18,23-24H,2,7-11,22H2,1H3/t13-,15+,16?,17-,18-,21+/m0/s1. The molecule has 0 amide bonds. The van der Waals surface area contributed by atoms with Gasteiger partial charge in [0.05, 0.1) is 12.6 Å². The topological polar surface area (TPSA) is 102 Å². The zero-order chi connectivity index (χ0) is 19.2. The number of phenolic OH excluding ortho intramolecular Hbond substituents is 1. The van der Waals surface area contributed by atoms with E-state index < -0.39 is 11.5 Å². The van der Waals surface area contributed by atoms with Crippen LogP contribution in [-0.2, 0) is 20.7 Å². The first-order valence-corrected chi connectivity index (χ1v) is 9.95. The van der Waals surface area contributed by atoms with Gasteiger partial charge < -0.3 is 20.9 Å². The molecule has 6 heteroatoms. The molecule has 2 aliphatic carbocycles. The van der Waals surface area contributed by atoms with Gasteiger partial charge in [0, 0.05) is 11.5 Å². The number of nitrogens with two attached hydrogens (primary N) is 1. The van der Waals surface area contributed by atoms with Crippen molar-refractivity contribution in [2.45, 2.75) is 57.2 Å². The van der Waals surface area contributed by atoms with E-state index in [0.717, 1.165) is 31.2 Å². The molecule has 4 rings (SSSR count). The van der Waals surface area contributed by atoms with Crippen molar-refractivity contribution in [3.05, 3.63) is 29.8 Å². The molecule has 0 radical (unpaired) electrons. The Morgan fingerprint density at radius 2 is 2.11 bits per heavy atom. The van der Waals surface area contributed by atoms with Crippen molar-refractivity contribution in [2.75, 3.05) is 6.61 Å². The van der Waals surface area contributed by atoms with Crippen LogP contribution in [0.5, 0.6) is 5.75 Å². The lowest BCUT2D eigenvalue weighted by Crippen LogP contribution is -2.54. The number of aromatic hydroxyl groups is 1. The van der Waals surface area contributed by atoms with Crippen LogP contribution >= 0.6 is 0 Å². The number of ether oxygens (including phenoxy) is 1. The molecule has 2 saturated carbocycles.